The van der Waals surface area contributed by atoms with Crippen molar-refractivity contribution in [2.24, 2.45) is 0 Å². The molecule has 0 aliphatic rings. The van der Waals surface area contributed by atoms with E-state index in [1.165, 1.54) is 0 Å². The first kappa shape index (κ1) is 6.90. The average Bonchev–Trinajstić information content (AvgIpc) is 2.30. The number of pyridine rings is 1. The van der Waals surface area contributed by atoms with Crippen molar-refractivity contribution in [3.63, 3.8) is 0 Å². The summed E-state index contributed by atoms with van der Waals surface area (Å²) in [5, 5.41) is 9.24. The van der Waals surface area contributed by atoms with Gasteiger partial charge in [-0.05, 0) is 6.07 Å². The van der Waals surface area contributed by atoms with E-state index in [2.05, 4.69) is 9.40 Å². The van der Waals surface area contributed by atoms with Crippen LogP contribution in [0.15, 0.2) is 21.3 Å². The molecule has 2 heterocycles. The first-order valence-electron chi connectivity index (χ1n) is 3.18. The Morgan fingerprint density at radius 1 is 1.50 bits per heavy atom. The van der Waals surface area contributed by atoms with Gasteiger partial charge in [0.1, 0.15) is 0 Å². The molecule has 0 fully saturated rings. The second-order valence-corrected chi connectivity index (χ2v) is 2.32. The van der Waals surface area contributed by atoms with Gasteiger partial charge in [0.05, 0.1) is 0 Å². The number of H-pyrrole nitrogens is 1. The van der Waals surface area contributed by atoms with Gasteiger partial charge in [-0.2, -0.15) is 4.39 Å². The molecule has 12 heavy (non-hydrogen) atoms. The molecule has 2 aromatic rings. The summed E-state index contributed by atoms with van der Waals surface area (Å²) in [5.41, 5.74) is -0.674. The Hall–Kier alpha value is -1.78. The highest BCUT2D eigenvalue weighted by Gasteiger charge is 2.05. The molecule has 2 N–H and O–H groups in total. The van der Waals surface area contributed by atoms with Crippen molar-refractivity contribution < 1.29 is 13.9 Å². The fourth-order valence-electron chi connectivity index (χ4n) is 0.959. The van der Waals surface area contributed by atoms with E-state index in [0.29, 0.717) is 5.39 Å². The summed E-state index contributed by atoms with van der Waals surface area (Å²) in [4.78, 5) is 12.9. The number of aromatic amines is 1. The predicted molar refractivity (Wildman–Crippen MR) is 38.5 cm³/mol. The maximum atomic E-state index is 12.4. The van der Waals surface area contributed by atoms with Crippen LogP contribution in [-0.2, 0) is 0 Å². The van der Waals surface area contributed by atoms with Gasteiger partial charge >= 0.3 is 0 Å². The zero-order valence-electron chi connectivity index (χ0n) is 5.80. The summed E-state index contributed by atoms with van der Waals surface area (Å²) < 4.78 is 16.9. The van der Waals surface area contributed by atoms with Crippen molar-refractivity contribution >= 4 is 11.1 Å². The zero-order chi connectivity index (χ0) is 8.72. The molecule has 0 radical (unpaired) electrons. The van der Waals surface area contributed by atoms with E-state index in [9.17, 15) is 9.18 Å². The summed E-state index contributed by atoms with van der Waals surface area (Å²) in [6, 6.07) is 1.41. The summed E-state index contributed by atoms with van der Waals surface area (Å²) in [6.45, 7) is 0. The lowest BCUT2D eigenvalue weighted by atomic mass is 10.3. The molecule has 0 aliphatic carbocycles. The van der Waals surface area contributed by atoms with E-state index in [1.807, 2.05) is 0 Å². The number of hydrogen-bond acceptors (Lipinski definition) is 3. The van der Waals surface area contributed by atoms with Gasteiger partial charge in [0.15, 0.2) is 5.75 Å². The minimum Gasteiger partial charge on any atom is -0.503 e. The van der Waals surface area contributed by atoms with Crippen LogP contribution in [0.3, 0.4) is 0 Å². The lowest BCUT2D eigenvalue weighted by Gasteiger charge is -1.88. The minimum absolute atomic E-state index is 0.0234. The van der Waals surface area contributed by atoms with Crippen LogP contribution in [0.1, 0.15) is 0 Å². The third-order valence-electron chi connectivity index (χ3n) is 1.48. The van der Waals surface area contributed by atoms with Crippen LogP contribution < -0.4 is 5.56 Å². The van der Waals surface area contributed by atoms with Gasteiger partial charge in [0.25, 0.3) is 11.6 Å². The highest BCUT2D eigenvalue weighted by Crippen LogP contribution is 2.16. The van der Waals surface area contributed by atoms with Crippen LogP contribution in [0, 0.1) is 6.01 Å². The van der Waals surface area contributed by atoms with Crippen molar-refractivity contribution in [1.29, 1.82) is 0 Å². The van der Waals surface area contributed by atoms with Crippen molar-refractivity contribution in [2.45, 2.75) is 0 Å². The molecule has 0 unspecified atom stereocenters. The van der Waals surface area contributed by atoms with Crippen LogP contribution in [-0.4, -0.2) is 10.1 Å². The quantitative estimate of drug-likeness (QED) is 0.617. The van der Waals surface area contributed by atoms with Gasteiger partial charge in [-0.25, -0.2) is 0 Å². The van der Waals surface area contributed by atoms with Gasteiger partial charge in [0.2, 0.25) is 5.71 Å². The van der Waals surface area contributed by atoms with Gasteiger partial charge in [-0.15, -0.1) is 0 Å². The van der Waals surface area contributed by atoms with E-state index < -0.39 is 17.3 Å². The molecule has 0 aliphatic heterocycles. The van der Waals surface area contributed by atoms with Crippen LogP contribution in [0.2, 0.25) is 0 Å². The first-order chi connectivity index (χ1) is 5.66. The third-order valence-corrected chi connectivity index (χ3v) is 1.48. The fourth-order valence-corrected chi connectivity index (χ4v) is 0.959. The number of fused-ring (bicyclic) bond motifs is 1. The smallest absolute Gasteiger partial charge is 0.292 e. The average molecular weight is 169 g/mol. The number of rotatable bonds is 0. The number of halogens is 1. The molecule has 2 rings (SSSR count). The molecule has 0 atom stereocenters. The van der Waals surface area contributed by atoms with E-state index in [-0.39, 0.29) is 5.71 Å². The Morgan fingerprint density at radius 2 is 2.25 bits per heavy atom. The highest BCUT2D eigenvalue weighted by molar-refractivity contribution is 5.74. The SMILES string of the molecule is O=c1[nH]c2oc(F)cc2cc1O. The Kier molecular flexibility index (Phi) is 1.21. The Bertz CT molecular complexity index is 485. The number of aromatic hydroxyl groups is 1. The standard InChI is InChI=1S/C7H4FNO3/c8-5-2-3-1-4(10)6(11)9-7(3)12-5/h1-2,10H,(H,9,11). The normalized spacial score (nSPS) is 10.8. The summed E-state index contributed by atoms with van der Waals surface area (Å²) in [6.07, 6.45) is 0. The van der Waals surface area contributed by atoms with Crippen LogP contribution in [0.4, 0.5) is 4.39 Å². The van der Waals surface area contributed by atoms with E-state index in [1.54, 1.807) is 0 Å². The molecule has 0 bridgehead atoms. The fraction of sp³-hybridized carbons (Fsp3) is 0. The zero-order valence-corrected chi connectivity index (χ0v) is 5.80. The lowest BCUT2D eigenvalue weighted by molar-refractivity contribution is 0.376. The second kappa shape index (κ2) is 2.10. The third kappa shape index (κ3) is 0.868. The van der Waals surface area contributed by atoms with Crippen molar-refractivity contribution in [3.05, 3.63) is 28.5 Å². The molecular formula is C7H4FNO3. The molecule has 0 spiro atoms. The van der Waals surface area contributed by atoms with Crippen LogP contribution in [0.25, 0.3) is 11.1 Å². The maximum Gasteiger partial charge on any atom is 0.292 e. The molecule has 0 saturated carbocycles. The van der Waals surface area contributed by atoms with Crippen molar-refractivity contribution in [3.8, 4) is 5.75 Å². The van der Waals surface area contributed by atoms with Gasteiger partial charge in [0, 0.05) is 11.5 Å². The van der Waals surface area contributed by atoms with Gasteiger partial charge < -0.3 is 9.52 Å². The molecule has 0 aromatic carbocycles. The van der Waals surface area contributed by atoms with Crippen molar-refractivity contribution in [2.75, 3.05) is 0 Å². The maximum absolute atomic E-state index is 12.4. The van der Waals surface area contributed by atoms with E-state index >= 15 is 0 Å². The molecule has 62 valence electrons. The lowest BCUT2D eigenvalue weighted by Crippen LogP contribution is -2.02. The Labute approximate surface area is 65.2 Å². The molecular weight excluding hydrogens is 165 g/mol. The highest BCUT2D eigenvalue weighted by atomic mass is 19.1. The van der Waals surface area contributed by atoms with Gasteiger partial charge in [-0.1, -0.05) is 0 Å². The topological polar surface area (TPSA) is 66.2 Å². The molecule has 0 saturated heterocycles. The summed E-state index contributed by atoms with van der Waals surface area (Å²) >= 11 is 0. The minimum atomic E-state index is -0.800. The van der Waals surface area contributed by atoms with Gasteiger partial charge in [-0.3, -0.25) is 9.78 Å². The monoisotopic (exact) mass is 169 g/mol. The summed E-state index contributed by atoms with van der Waals surface area (Å²) in [5.74, 6) is -0.455. The first-order valence-corrected chi connectivity index (χ1v) is 3.18. The van der Waals surface area contributed by atoms with Crippen LogP contribution in [0.5, 0.6) is 5.75 Å². The van der Waals surface area contributed by atoms with Crippen molar-refractivity contribution in [1.82, 2.24) is 4.98 Å². The number of nitrogens with one attached hydrogen (secondary N) is 1. The predicted octanol–water partition coefficient (Wildman–Crippen LogP) is 0.966. The van der Waals surface area contributed by atoms with E-state index in [4.69, 9.17) is 5.11 Å². The Balaban J connectivity index is 2.92. The number of furan rings is 1. The van der Waals surface area contributed by atoms with E-state index in [0.717, 1.165) is 12.1 Å². The molecule has 4 nitrogen and oxygen atoms in total. The summed E-state index contributed by atoms with van der Waals surface area (Å²) in [7, 11) is 0. The molecule has 0 amide bonds. The number of aromatic nitrogens is 1. The number of hydrogen-bond donors (Lipinski definition) is 2. The Morgan fingerprint density at radius 3 is 3.00 bits per heavy atom. The van der Waals surface area contributed by atoms with Crippen LogP contribution >= 0.6 is 0 Å². The second-order valence-electron chi connectivity index (χ2n) is 2.32. The molecule has 5 heteroatoms. The largest absolute Gasteiger partial charge is 0.503 e. The molecule has 2 aromatic heterocycles.